The van der Waals surface area contributed by atoms with E-state index in [0.717, 1.165) is 28.9 Å². The van der Waals surface area contributed by atoms with E-state index in [2.05, 4.69) is 17.4 Å². The van der Waals surface area contributed by atoms with Gasteiger partial charge in [0, 0.05) is 29.7 Å². The van der Waals surface area contributed by atoms with Gasteiger partial charge in [0.15, 0.2) is 0 Å². The molecule has 1 aliphatic carbocycles. The molecule has 0 spiro atoms. The van der Waals surface area contributed by atoms with Crippen LogP contribution in [-0.2, 0) is 16.1 Å². The lowest BCUT2D eigenvalue weighted by molar-refractivity contribution is -0.140. The number of benzene rings is 2. The first-order chi connectivity index (χ1) is 14.5. The second-order valence-electron chi connectivity index (χ2n) is 8.03. The number of nitrogens with zero attached hydrogens (tertiary/aromatic N) is 1. The zero-order valence-electron chi connectivity index (χ0n) is 18.0. The minimum absolute atomic E-state index is 0.0238. The van der Waals surface area contributed by atoms with Crippen molar-refractivity contribution in [1.82, 2.24) is 10.2 Å². The molecular formula is C25H32N2O2S. The van der Waals surface area contributed by atoms with Crippen LogP contribution >= 0.6 is 11.8 Å². The van der Waals surface area contributed by atoms with Gasteiger partial charge in [0.2, 0.25) is 11.8 Å². The fourth-order valence-electron chi connectivity index (χ4n) is 3.86. The van der Waals surface area contributed by atoms with Gasteiger partial charge >= 0.3 is 0 Å². The molecule has 2 aromatic rings. The summed E-state index contributed by atoms with van der Waals surface area (Å²) in [6.07, 6.45) is 4.83. The summed E-state index contributed by atoms with van der Waals surface area (Å²) in [7, 11) is 0. The molecule has 1 aliphatic rings. The van der Waals surface area contributed by atoms with E-state index in [1.54, 1.807) is 16.7 Å². The molecule has 0 aromatic heterocycles. The fraction of sp³-hybridized carbons (Fsp3) is 0.440. The Morgan fingerprint density at radius 1 is 1.07 bits per heavy atom. The summed E-state index contributed by atoms with van der Waals surface area (Å²) in [5.41, 5.74) is 2.22. The third kappa shape index (κ3) is 6.36. The maximum Gasteiger partial charge on any atom is 0.242 e. The molecule has 0 heterocycles. The Kier molecular flexibility index (Phi) is 8.38. The summed E-state index contributed by atoms with van der Waals surface area (Å²) in [5.74, 6) is 0.680. The molecule has 2 amide bonds. The van der Waals surface area contributed by atoms with Gasteiger partial charge in [-0.05, 0) is 49.9 Å². The highest BCUT2D eigenvalue weighted by Gasteiger charge is 2.28. The summed E-state index contributed by atoms with van der Waals surface area (Å²) in [5, 5.41) is 3.16. The van der Waals surface area contributed by atoms with Crippen molar-refractivity contribution in [1.29, 1.82) is 0 Å². The highest BCUT2D eigenvalue weighted by molar-refractivity contribution is 7.99. The standard InChI is InChI=1S/C25H32N2O2S/c1-19-10-6-7-11-21(19)18-27(20(2)25(29)26-22-12-8-9-13-22)24(28)16-17-30-23-14-4-3-5-15-23/h3-7,10-11,14-15,20,22H,8-9,12-13,16-18H2,1-2H3,(H,26,29)/t20-/m0/s1. The number of carbonyl (C=O) groups is 2. The molecule has 2 aromatic carbocycles. The first kappa shape index (κ1) is 22.4. The zero-order chi connectivity index (χ0) is 21.3. The topological polar surface area (TPSA) is 49.4 Å². The molecule has 1 N–H and O–H groups in total. The summed E-state index contributed by atoms with van der Waals surface area (Å²) in [6, 6.07) is 17.9. The second kappa shape index (κ2) is 11.2. The van der Waals surface area contributed by atoms with Crippen LogP contribution in [0.3, 0.4) is 0 Å². The minimum Gasteiger partial charge on any atom is -0.352 e. The van der Waals surface area contributed by atoms with Crippen molar-refractivity contribution < 1.29 is 9.59 Å². The molecule has 4 nitrogen and oxygen atoms in total. The third-order valence-electron chi connectivity index (χ3n) is 5.80. The molecule has 1 saturated carbocycles. The van der Waals surface area contributed by atoms with Crippen LogP contribution in [0.1, 0.15) is 50.2 Å². The van der Waals surface area contributed by atoms with Crippen molar-refractivity contribution in [2.75, 3.05) is 5.75 Å². The van der Waals surface area contributed by atoms with Gasteiger partial charge in [0.05, 0.1) is 0 Å². The third-order valence-corrected chi connectivity index (χ3v) is 6.81. The van der Waals surface area contributed by atoms with Crippen molar-refractivity contribution >= 4 is 23.6 Å². The molecule has 1 atom stereocenters. The lowest BCUT2D eigenvalue weighted by atomic mass is 10.1. The lowest BCUT2D eigenvalue weighted by Crippen LogP contribution is -2.49. The minimum atomic E-state index is -0.487. The monoisotopic (exact) mass is 424 g/mol. The largest absolute Gasteiger partial charge is 0.352 e. The van der Waals surface area contributed by atoms with E-state index in [0.29, 0.717) is 18.7 Å². The fourth-order valence-corrected chi connectivity index (χ4v) is 4.72. The van der Waals surface area contributed by atoms with Crippen molar-refractivity contribution in [3.63, 3.8) is 0 Å². The second-order valence-corrected chi connectivity index (χ2v) is 9.19. The molecule has 5 heteroatoms. The number of hydrogen-bond acceptors (Lipinski definition) is 3. The van der Waals surface area contributed by atoms with E-state index in [1.807, 2.05) is 56.3 Å². The van der Waals surface area contributed by atoms with Gasteiger partial charge < -0.3 is 10.2 Å². The van der Waals surface area contributed by atoms with Crippen LogP contribution in [-0.4, -0.2) is 34.6 Å². The van der Waals surface area contributed by atoms with Crippen LogP contribution in [0.5, 0.6) is 0 Å². The van der Waals surface area contributed by atoms with Crippen LogP contribution in [0, 0.1) is 6.92 Å². The average molecular weight is 425 g/mol. The molecule has 1 fully saturated rings. The number of amides is 2. The Morgan fingerprint density at radius 3 is 2.43 bits per heavy atom. The van der Waals surface area contributed by atoms with E-state index < -0.39 is 6.04 Å². The molecule has 30 heavy (non-hydrogen) atoms. The molecule has 0 radical (unpaired) electrons. The van der Waals surface area contributed by atoms with Gasteiger partial charge in [-0.3, -0.25) is 9.59 Å². The van der Waals surface area contributed by atoms with E-state index in [1.165, 1.54) is 12.8 Å². The highest BCUT2D eigenvalue weighted by atomic mass is 32.2. The number of nitrogens with one attached hydrogen (secondary N) is 1. The number of rotatable bonds is 9. The lowest BCUT2D eigenvalue weighted by Gasteiger charge is -2.30. The summed E-state index contributed by atoms with van der Waals surface area (Å²) >= 11 is 1.67. The number of thioether (sulfide) groups is 1. The molecule has 160 valence electrons. The van der Waals surface area contributed by atoms with Gasteiger partial charge in [0.25, 0.3) is 0 Å². The SMILES string of the molecule is Cc1ccccc1CN(C(=O)CCSc1ccccc1)[C@@H](C)C(=O)NC1CCCC1. The Morgan fingerprint density at radius 2 is 1.73 bits per heavy atom. The Hall–Kier alpha value is -2.27. The predicted octanol–water partition coefficient (Wildman–Crippen LogP) is 4.95. The first-order valence-corrected chi connectivity index (χ1v) is 11.9. The molecule has 0 saturated heterocycles. The Balaban J connectivity index is 1.66. The molecular weight excluding hydrogens is 392 g/mol. The van der Waals surface area contributed by atoms with Crippen molar-refractivity contribution in [2.24, 2.45) is 0 Å². The Bertz CT molecular complexity index is 834. The van der Waals surface area contributed by atoms with Crippen molar-refractivity contribution in [3.8, 4) is 0 Å². The van der Waals surface area contributed by atoms with Crippen molar-refractivity contribution in [2.45, 2.75) is 69.5 Å². The summed E-state index contributed by atoms with van der Waals surface area (Å²) in [4.78, 5) is 29.0. The number of hydrogen-bond donors (Lipinski definition) is 1. The molecule has 3 rings (SSSR count). The average Bonchev–Trinajstić information content (AvgIpc) is 3.26. The van der Waals surface area contributed by atoms with Crippen LogP contribution in [0.4, 0.5) is 0 Å². The van der Waals surface area contributed by atoms with Gasteiger partial charge in [-0.25, -0.2) is 0 Å². The molecule has 0 aliphatic heterocycles. The number of aryl methyl sites for hydroxylation is 1. The quantitative estimate of drug-likeness (QED) is 0.579. The van der Waals surface area contributed by atoms with Crippen LogP contribution in [0.25, 0.3) is 0 Å². The normalized spacial score (nSPS) is 15.0. The zero-order valence-corrected chi connectivity index (χ0v) is 18.8. The summed E-state index contributed by atoms with van der Waals surface area (Å²) < 4.78 is 0. The van der Waals surface area contributed by atoms with Gasteiger partial charge in [0.1, 0.15) is 6.04 Å². The van der Waals surface area contributed by atoms with Gasteiger partial charge in [-0.15, -0.1) is 11.8 Å². The highest BCUT2D eigenvalue weighted by Crippen LogP contribution is 2.21. The first-order valence-electron chi connectivity index (χ1n) is 10.9. The van der Waals surface area contributed by atoms with E-state index in [4.69, 9.17) is 0 Å². The van der Waals surface area contributed by atoms with Crippen molar-refractivity contribution in [3.05, 3.63) is 65.7 Å². The number of carbonyl (C=O) groups excluding carboxylic acids is 2. The van der Waals surface area contributed by atoms with E-state index in [-0.39, 0.29) is 17.9 Å². The predicted molar refractivity (Wildman–Crippen MR) is 123 cm³/mol. The maximum atomic E-state index is 13.2. The maximum absolute atomic E-state index is 13.2. The van der Waals surface area contributed by atoms with Crippen LogP contribution < -0.4 is 5.32 Å². The molecule has 0 bridgehead atoms. The smallest absolute Gasteiger partial charge is 0.242 e. The van der Waals surface area contributed by atoms with Gasteiger partial charge in [-0.2, -0.15) is 0 Å². The molecule has 0 unspecified atom stereocenters. The van der Waals surface area contributed by atoms with Crippen LogP contribution in [0.2, 0.25) is 0 Å². The van der Waals surface area contributed by atoms with E-state index >= 15 is 0 Å². The van der Waals surface area contributed by atoms with Gasteiger partial charge in [-0.1, -0.05) is 55.3 Å². The Labute approximate surface area is 184 Å². The van der Waals surface area contributed by atoms with E-state index in [9.17, 15) is 9.59 Å². The summed E-state index contributed by atoms with van der Waals surface area (Å²) in [6.45, 7) is 4.36. The van der Waals surface area contributed by atoms with Crippen LogP contribution in [0.15, 0.2) is 59.5 Å².